The van der Waals surface area contributed by atoms with Gasteiger partial charge in [-0.1, -0.05) is 32.6 Å². The van der Waals surface area contributed by atoms with Gasteiger partial charge in [0.25, 0.3) is 0 Å². The maximum atomic E-state index is 11.7. The van der Waals surface area contributed by atoms with Crippen LogP contribution in [-0.2, 0) is 4.79 Å². The summed E-state index contributed by atoms with van der Waals surface area (Å²) in [5.74, 6) is 0.760. The quantitative estimate of drug-likeness (QED) is 0.600. The van der Waals surface area contributed by atoms with Crippen molar-refractivity contribution < 1.29 is 4.79 Å². The van der Waals surface area contributed by atoms with Crippen molar-refractivity contribution in [3.8, 4) is 0 Å². The molecule has 82 valence electrons. The van der Waals surface area contributed by atoms with Gasteiger partial charge in [0, 0.05) is 19.0 Å². The van der Waals surface area contributed by atoms with E-state index in [0.717, 1.165) is 25.9 Å². The van der Waals surface area contributed by atoms with E-state index in [9.17, 15) is 4.79 Å². The zero-order valence-corrected chi connectivity index (χ0v) is 9.59. The SMILES string of the molecule is CCCCCCC1CCN(CC)C1=O. The van der Waals surface area contributed by atoms with E-state index in [-0.39, 0.29) is 0 Å². The zero-order valence-electron chi connectivity index (χ0n) is 9.59. The number of carbonyl (C=O) groups excluding carboxylic acids is 1. The van der Waals surface area contributed by atoms with E-state index < -0.39 is 0 Å². The molecule has 0 aromatic heterocycles. The van der Waals surface area contributed by atoms with E-state index in [1.165, 1.54) is 25.7 Å². The van der Waals surface area contributed by atoms with Gasteiger partial charge in [-0.2, -0.15) is 0 Å². The Morgan fingerprint density at radius 3 is 2.64 bits per heavy atom. The Hall–Kier alpha value is -0.530. The first kappa shape index (κ1) is 11.5. The third kappa shape index (κ3) is 3.00. The summed E-state index contributed by atoms with van der Waals surface area (Å²) in [6.45, 7) is 6.18. The Morgan fingerprint density at radius 1 is 1.29 bits per heavy atom. The monoisotopic (exact) mass is 197 g/mol. The molecule has 1 atom stereocenters. The predicted molar refractivity (Wildman–Crippen MR) is 59.1 cm³/mol. The van der Waals surface area contributed by atoms with Crippen LogP contribution in [0.25, 0.3) is 0 Å². The lowest BCUT2D eigenvalue weighted by Crippen LogP contribution is -2.26. The first-order valence-corrected chi connectivity index (χ1v) is 6.08. The van der Waals surface area contributed by atoms with Gasteiger partial charge in [-0.15, -0.1) is 0 Å². The Bertz CT molecular complexity index is 179. The molecule has 0 N–H and O–H groups in total. The predicted octanol–water partition coefficient (Wildman–Crippen LogP) is 2.83. The summed E-state index contributed by atoms with van der Waals surface area (Å²) in [6.07, 6.45) is 7.35. The van der Waals surface area contributed by atoms with Crippen LogP contribution in [0.3, 0.4) is 0 Å². The number of rotatable bonds is 6. The molecule has 0 bridgehead atoms. The average molecular weight is 197 g/mol. The van der Waals surface area contributed by atoms with Crippen LogP contribution in [0.2, 0.25) is 0 Å². The van der Waals surface area contributed by atoms with Crippen molar-refractivity contribution in [1.29, 1.82) is 0 Å². The number of hydrogen-bond acceptors (Lipinski definition) is 1. The summed E-state index contributed by atoms with van der Waals surface area (Å²) in [5, 5.41) is 0. The van der Waals surface area contributed by atoms with Crippen molar-refractivity contribution in [2.24, 2.45) is 5.92 Å². The van der Waals surface area contributed by atoms with E-state index >= 15 is 0 Å². The van der Waals surface area contributed by atoms with Crippen molar-refractivity contribution in [2.45, 2.75) is 52.4 Å². The number of carbonyl (C=O) groups is 1. The molecule has 1 rings (SSSR count). The molecule has 0 aromatic rings. The highest BCUT2D eigenvalue weighted by molar-refractivity contribution is 5.80. The highest BCUT2D eigenvalue weighted by Gasteiger charge is 2.29. The number of likely N-dealkylation sites (tertiary alicyclic amines) is 1. The third-order valence-electron chi connectivity index (χ3n) is 3.20. The summed E-state index contributed by atoms with van der Waals surface area (Å²) in [5.41, 5.74) is 0. The molecule has 1 aliphatic rings. The molecular weight excluding hydrogens is 174 g/mol. The molecule has 1 amide bonds. The molecule has 1 aliphatic heterocycles. The van der Waals surface area contributed by atoms with Gasteiger partial charge in [0.1, 0.15) is 0 Å². The first-order chi connectivity index (χ1) is 6.79. The summed E-state index contributed by atoms with van der Waals surface area (Å²) >= 11 is 0. The highest BCUT2D eigenvalue weighted by atomic mass is 16.2. The molecule has 1 heterocycles. The number of amides is 1. The lowest BCUT2D eigenvalue weighted by molar-refractivity contribution is -0.130. The Balaban J connectivity index is 2.16. The maximum absolute atomic E-state index is 11.7. The Kier molecular flexibility index (Phi) is 4.99. The fourth-order valence-corrected chi connectivity index (χ4v) is 2.20. The van der Waals surface area contributed by atoms with Crippen LogP contribution >= 0.6 is 0 Å². The smallest absolute Gasteiger partial charge is 0.225 e. The second kappa shape index (κ2) is 6.05. The average Bonchev–Trinajstić information content (AvgIpc) is 2.55. The normalized spacial score (nSPS) is 22.0. The highest BCUT2D eigenvalue weighted by Crippen LogP contribution is 2.23. The van der Waals surface area contributed by atoms with Crippen molar-refractivity contribution in [3.63, 3.8) is 0 Å². The maximum Gasteiger partial charge on any atom is 0.225 e. The second-order valence-corrected chi connectivity index (χ2v) is 4.25. The van der Waals surface area contributed by atoms with Crippen LogP contribution in [0.1, 0.15) is 52.4 Å². The van der Waals surface area contributed by atoms with Gasteiger partial charge >= 0.3 is 0 Å². The largest absolute Gasteiger partial charge is 0.343 e. The van der Waals surface area contributed by atoms with Crippen molar-refractivity contribution in [1.82, 2.24) is 4.90 Å². The van der Waals surface area contributed by atoms with E-state index in [4.69, 9.17) is 0 Å². The van der Waals surface area contributed by atoms with Gasteiger partial charge < -0.3 is 4.90 Å². The van der Waals surface area contributed by atoms with Crippen LogP contribution in [0.5, 0.6) is 0 Å². The van der Waals surface area contributed by atoms with Crippen LogP contribution in [0.4, 0.5) is 0 Å². The molecule has 14 heavy (non-hydrogen) atoms. The minimum absolute atomic E-state index is 0.354. The number of hydrogen-bond donors (Lipinski definition) is 0. The molecular formula is C12H23NO. The molecule has 1 saturated heterocycles. The van der Waals surface area contributed by atoms with Crippen LogP contribution in [-0.4, -0.2) is 23.9 Å². The van der Waals surface area contributed by atoms with Crippen molar-refractivity contribution in [2.75, 3.05) is 13.1 Å². The van der Waals surface area contributed by atoms with E-state index in [0.29, 0.717) is 11.8 Å². The van der Waals surface area contributed by atoms with Gasteiger partial charge in [-0.05, 0) is 19.8 Å². The zero-order chi connectivity index (χ0) is 10.4. The molecule has 0 aliphatic carbocycles. The van der Waals surface area contributed by atoms with Crippen LogP contribution in [0, 0.1) is 5.92 Å². The Labute approximate surface area is 87.7 Å². The third-order valence-corrected chi connectivity index (χ3v) is 3.20. The van der Waals surface area contributed by atoms with Crippen LogP contribution in [0.15, 0.2) is 0 Å². The van der Waals surface area contributed by atoms with E-state index in [1.807, 2.05) is 4.90 Å². The fraction of sp³-hybridized carbons (Fsp3) is 0.917. The summed E-state index contributed by atoms with van der Waals surface area (Å²) in [4.78, 5) is 13.7. The topological polar surface area (TPSA) is 20.3 Å². The molecule has 0 spiro atoms. The standard InChI is InChI=1S/C12H23NO/c1-3-5-6-7-8-11-9-10-13(4-2)12(11)14/h11H,3-10H2,1-2H3. The minimum atomic E-state index is 0.354. The number of unbranched alkanes of at least 4 members (excludes halogenated alkanes) is 3. The Morgan fingerprint density at radius 2 is 2.07 bits per heavy atom. The van der Waals surface area contributed by atoms with Crippen LogP contribution < -0.4 is 0 Å². The van der Waals surface area contributed by atoms with E-state index in [2.05, 4.69) is 13.8 Å². The molecule has 0 radical (unpaired) electrons. The summed E-state index contributed by atoms with van der Waals surface area (Å²) in [6, 6.07) is 0. The van der Waals surface area contributed by atoms with Gasteiger partial charge in [0.2, 0.25) is 5.91 Å². The summed E-state index contributed by atoms with van der Waals surface area (Å²) in [7, 11) is 0. The second-order valence-electron chi connectivity index (χ2n) is 4.25. The minimum Gasteiger partial charge on any atom is -0.343 e. The van der Waals surface area contributed by atoms with Crippen molar-refractivity contribution >= 4 is 5.91 Å². The molecule has 2 heteroatoms. The van der Waals surface area contributed by atoms with Gasteiger partial charge in [-0.3, -0.25) is 4.79 Å². The van der Waals surface area contributed by atoms with Gasteiger partial charge in [0.05, 0.1) is 0 Å². The lowest BCUT2D eigenvalue weighted by Gasteiger charge is -2.13. The molecule has 1 fully saturated rings. The van der Waals surface area contributed by atoms with Crippen molar-refractivity contribution in [3.05, 3.63) is 0 Å². The molecule has 0 saturated carbocycles. The summed E-state index contributed by atoms with van der Waals surface area (Å²) < 4.78 is 0. The molecule has 0 aromatic carbocycles. The molecule has 1 unspecified atom stereocenters. The number of nitrogens with zero attached hydrogens (tertiary/aromatic N) is 1. The lowest BCUT2D eigenvalue weighted by atomic mass is 9.99. The van der Waals surface area contributed by atoms with Gasteiger partial charge in [0.15, 0.2) is 0 Å². The fourth-order valence-electron chi connectivity index (χ4n) is 2.20. The molecule has 2 nitrogen and oxygen atoms in total. The van der Waals surface area contributed by atoms with Gasteiger partial charge in [-0.25, -0.2) is 0 Å². The first-order valence-electron chi connectivity index (χ1n) is 6.08. The van der Waals surface area contributed by atoms with E-state index in [1.54, 1.807) is 0 Å².